The maximum Gasteiger partial charge on any atom is 0.319 e. The third-order valence-corrected chi connectivity index (χ3v) is 5.64. The highest BCUT2D eigenvalue weighted by Gasteiger charge is 2.44. The molecule has 2 saturated heterocycles. The smallest absolute Gasteiger partial charge is 0.319 e. The number of hydrogen-bond donors (Lipinski definition) is 0. The number of nitrogens with zero attached hydrogens (tertiary/aromatic N) is 2. The van der Waals surface area contributed by atoms with Crippen LogP contribution < -0.4 is 0 Å². The molecule has 0 bridgehead atoms. The number of hydrogen-bond acceptors (Lipinski definition) is 4. The fourth-order valence-electron chi connectivity index (χ4n) is 4.07. The molecular weight excluding hydrogens is 316 g/mol. The number of carbonyl (C=O) groups is 2. The first-order valence-electron chi connectivity index (χ1n) is 9.21. The Labute approximate surface area is 149 Å². The summed E-state index contributed by atoms with van der Waals surface area (Å²) in [5.41, 5.74) is 1.45. The molecule has 0 aromatic heterocycles. The summed E-state index contributed by atoms with van der Waals surface area (Å²) in [6, 6.07) is 10.4. The van der Waals surface area contributed by atoms with Crippen molar-refractivity contribution in [3.63, 3.8) is 0 Å². The van der Waals surface area contributed by atoms with Gasteiger partial charge in [0.2, 0.25) is 5.91 Å². The van der Waals surface area contributed by atoms with Crippen LogP contribution in [0.2, 0.25) is 0 Å². The van der Waals surface area contributed by atoms with Gasteiger partial charge in [0.1, 0.15) is 0 Å². The number of ether oxygens (including phenoxy) is 1. The number of aryl methyl sites for hydroxylation is 1. The summed E-state index contributed by atoms with van der Waals surface area (Å²) in [5, 5.41) is 0. The van der Waals surface area contributed by atoms with Crippen molar-refractivity contribution in [2.75, 3.05) is 39.8 Å². The molecule has 1 aromatic rings. The first-order valence-corrected chi connectivity index (χ1v) is 9.21. The second-order valence-corrected chi connectivity index (χ2v) is 7.43. The Hall–Kier alpha value is -1.88. The number of piperidine rings is 1. The van der Waals surface area contributed by atoms with E-state index >= 15 is 0 Å². The topological polar surface area (TPSA) is 49.9 Å². The summed E-state index contributed by atoms with van der Waals surface area (Å²) in [4.78, 5) is 28.0. The molecule has 1 amide bonds. The van der Waals surface area contributed by atoms with Crippen LogP contribution in [0.15, 0.2) is 30.3 Å². The maximum atomic E-state index is 12.4. The van der Waals surface area contributed by atoms with Crippen LogP contribution in [0.5, 0.6) is 0 Å². The zero-order valence-electron chi connectivity index (χ0n) is 15.1. The van der Waals surface area contributed by atoms with Crippen LogP contribution in [-0.4, -0.2) is 61.5 Å². The second-order valence-electron chi connectivity index (χ2n) is 7.43. The van der Waals surface area contributed by atoms with E-state index in [0.717, 1.165) is 51.9 Å². The molecule has 2 heterocycles. The molecule has 5 nitrogen and oxygen atoms in total. The van der Waals surface area contributed by atoms with Gasteiger partial charge in [0, 0.05) is 19.5 Å². The number of methoxy groups -OCH3 is 1. The summed E-state index contributed by atoms with van der Waals surface area (Å²) in [6.07, 6.45) is 4.69. The maximum absolute atomic E-state index is 12.4. The average molecular weight is 344 g/mol. The number of rotatable bonds is 6. The summed E-state index contributed by atoms with van der Waals surface area (Å²) in [6.45, 7) is 3.84. The summed E-state index contributed by atoms with van der Waals surface area (Å²) >= 11 is 0. The molecule has 2 aliphatic rings. The van der Waals surface area contributed by atoms with Gasteiger partial charge in [-0.2, -0.15) is 0 Å². The SMILES string of the molecule is COC(=O)CN1CCC2(CC1)CC(=O)N(CCCc1ccccc1)C2. The Morgan fingerprint density at radius 3 is 2.60 bits per heavy atom. The zero-order chi connectivity index (χ0) is 17.7. The molecule has 0 N–H and O–H groups in total. The quantitative estimate of drug-likeness (QED) is 0.742. The molecule has 1 spiro atoms. The van der Waals surface area contributed by atoms with Crippen molar-refractivity contribution in [2.24, 2.45) is 5.41 Å². The lowest BCUT2D eigenvalue weighted by atomic mass is 9.77. The van der Waals surface area contributed by atoms with Gasteiger partial charge in [-0.25, -0.2) is 0 Å². The first kappa shape index (κ1) is 17.9. The third kappa shape index (κ3) is 4.60. The molecule has 25 heavy (non-hydrogen) atoms. The third-order valence-electron chi connectivity index (χ3n) is 5.64. The van der Waals surface area contributed by atoms with E-state index in [4.69, 9.17) is 4.74 Å². The van der Waals surface area contributed by atoms with Gasteiger partial charge >= 0.3 is 5.97 Å². The van der Waals surface area contributed by atoms with Crippen LogP contribution in [0, 0.1) is 5.41 Å². The highest BCUT2D eigenvalue weighted by Crippen LogP contribution is 2.41. The molecule has 1 aromatic carbocycles. The van der Waals surface area contributed by atoms with Gasteiger partial charge in [0.05, 0.1) is 13.7 Å². The van der Waals surface area contributed by atoms with Crippen molar-refractivity contribution >= 4 is 11.9 Å². The fourth-order valence-corrected chi connectivity index (χ4v) is 4.07. The van der Waals surface area contributed by atoms with E-state index < -0.39 is 0 Å². The molecule has 0 atom stereocenters. The molecule has 3 rings (SSSR count). The molecular formula is C20H28N2O3. The van der Waals surface area contributed by atoms with Crippen LogP contribution in [0.25, 0.3) is 0 Å². The van der Waals surface area contributed by atoms with Crippen molar-refractivity contribution in [3.05, 3.63) is 35.9 Å². The van der Waals surface area contributed by atoms with E-state index in [0.29, 0.717) is 18.9 Å². The number of esters is 1. The predicted molar refractivity (Wildman–Crippen MR) is 96.1 cm³/mol. The van der Waals surface area contributed by atoms with Crippen molar-refractivity contribution in [1.29, 1.82) is 0 Å². The van der Waals surface area contributed by atoms with E-state index in [2.05, 4.69) is 34.1 Å². The molecule has 5 heteroatoms. The van der Waals surface area contributed by atoms with Crippen LogP contribution in [0.4, 0.5) is 0 Å². The van der Waals surface area contributed by atoms with Gasteiger partial charge in [-0.1, -0.05) is 30.3 Å². The van der Waals surface area contributed by atoms with Gasteiger partial charge in [-0.3, -0.25) is 14.5 Å². The minimum Gasteiger partial charge on any atom is -0.468 e. The van der Waals surface area contributed by atoms with Crippen LogP contribution in [0.3, 0.4) is 0 Å². The van der Waals surface area contributed by atoms with Gasteiger partial charge in [-0.05, 0) is 49.8 Å². The minimum absolute atomic E-state index is 0.121. The lowest BCUT2D eigenvalue weighted by Crippen LogP contribution is -2.43. The lowest BCUT2D eigenvalue weighted by molar-refractivity contribution is -0.142. The fraction of sp³-hybridized carbons (Fsp3) is 0.600. The van der Waals surface area contributed by atoms with Gasteiger partial charge in [-0.15, -0.1) is 0 Å². The van der Waals surface area contributed by atoms with Crippen LogP contribution in [-0.2, 0) is 20.7 Å². The Morgan fingerprint density at radius 2 is 1.92 bits per heavy atom. The van der Waals surface area contributed by atoms with Crippen LogP contribution in [0.1, 0.15) is 31.2 Å². The minimum atomic E-state index is -0.180. The largest absolute Gasteiger partial charge is 0.468 e. The number of likely N-dealkylation sites (tertiary alicyclic amines) is 2. The molecule has 0 unspecified atom stereocenters. The number of amides is 1. The Morgan fingerprint density at radius 1 is 1.20 bits per heavy atom. The van der Waals surface area contributed by atoms with E-state index in [1.807, 2.05) is 6.07 Å². The molecule has 0 radical (unpaired) electrons. The first-order chi connectivity index (χ1) is 12.1. The van der Waals surface area contributed by atoms with Crippen molar-refractivity contribution < 1.29 is 14.3 Å². The molecule has 2 aliphatic heterocycles. The van der Waals surface area contributed by atoms with E-state index in [1.165, 1.54) is 12.7 Å². The highest BCUT2D eigenvalue weighted by molar-refractivity contribution is 5.79. The monoisotopic (exact) mass is 344 g/mol. The van der Waals surface area contributed by atoms with E-state index in [9.17, 15) is 9.59 Å². The molecule has 0 aliphatic carbocycles. The molecule has 0 saturated carbocycles. The standard InChI is InChI=1S/C20H28N2O3/c1-25-19(24)15-21-12-9-20(10-13-21)14-18(23)22(16-20)11-5-8-17-6-3-2-4-7-17/h2-4,6-7H,5,8-16H2,1H3. The van der Waals surface area contributed by atoms with Crippen LogP contribution >= 0.6 is 0 Å². The lowest BCUT2D eigenvalue weighted by Gasteiger charge is -2.38. The highest BCUT2D eigenvalue weighted by atomic mass is 16.5. The zero-order valence-corrected chi connectivity index (χ0v) is 15.1. The molecule has 2 fully saturated rings. The Bertz CT molecular complexity index is 594. The number of benzene rings is 1. The summed E-state index contributed by atoms with van der Waals surface area (Å²) in [5.74, 6) is 0.121. The molecule has 136 valence electrons. The van der Waals surface area contributed by atoms with Gasteiger partial charge < -0.3 is 9.64 Å². The second kappa shape index (κ2) is 8.00. The Kier molecular flexibility index (Phi) is 5.74. The number of carbonyl (C=O) groups excluding carboxylic acids is 2. The van der Waals surface area contributed by atoms with Gasteiger partial charge in [0.15, 0.2) is 0 Å². The summed E-state index contributed by atoms with van der Waals surface area (Å²) in [7, 11) is 1.43. The normalized spacial score (nSPS) is 20.2. The van der Waals surface area contributed by atoms with E-state index in [-0.39, 0.29) is 11.4 Å². The van der Waals surface area contributed by atoms with Crippen molar-refractivity contribution in [2.45, 2.75) is 32.1 Å². The van der Waals surface area contributed by atoms with Crippen molar-refractivity contribution in [1.82, 2.24) is 9.80 Å². The predicted octanol–water partition coefficient (Wildman–Crippen LogP) is 2.11. The van der Waals surface area contributed by atoms with Gasteiger partial charge in [0.25, 0.3) is 0 Å². The summed E-state index contributed by atoms with van der Waals surface area (Å²) < 4.78 is 4.74. The Balaban J connectivity index is 1.45. The van der Waals surface area contributed by atoms with Crippen molar-refractivity contribution in [3.8, 4) is 0 Å². The average Bonchev–Trinajstić information content (AvgIpc) is 2.93. The van der Waals surface area contributed by atoms with E-state index in [1.54, 1.807) is 0 Å².